The lowest BCUT2D eigenvalue weighted by Gasteiger charge is -2.21. The van der Waals surface area contributed by atoms with Gasteiger partial charge in [-0.1, -0.05) is 12.0 Å². The number of hydrogen-bond donors (Lipinski definition) is 1. The van der Waals surface area contributed by atoms with Gasteiger partial charge in [0.15, 0.2) is 0 Å². The Balaban J connectivity index is 1.75. The Kier molecular flexibility index (Phi) is 4.41. The maximum Gasteiger partial charge on any atom is 0.0574 e. The predicted molar refractivity (Wildman–Crippen MR) is 69.5 cm³/mol. The molecule has 0 amide bonds. The smallest absolute Gasteiger partial charge is 0.0574 e. The minimum Gasteiger partial charge on any atom is -0.305 e. The lowest BCUT2D eigenvalue weighted by Crippen LogP contribution is -2.33. The molecule has 1 aromatic heterocycles. The van der Waals surface area contributed by atoms with Gasteiger partial charge >= 0.3 is 0 Å². The Bertz CT molecular complexity index is 335. The number of nitrogens with zero attached hydrogens (tertiary/aromatic N) is 1. The van der Waals surface area contributed by atoms with E-state index in [-0.39, 0.29) is 0 Å². The van der Waals surface area contributed by atoms with Gasteiger partial charge in [0.1, 0.15) is 0 Å². The standard InChI is InChI=1S/C13H18N2S/c1-2-7-14-8-9-15(12-5-6-12)11-13-4-3-10-16-13/h1,3-4,10,12,14H,5-9,11H2. The van der Waals surface area contributed by atoms with E-state index in [2.05, 4.69) is 33.6 Å². The molecule has 1 fully saturated rings. The van der Waals surface area contributed by atoms with E-state index in [9.17, 15) is 0 Å². The van der Waals surface area contributed by atoms with Crippen molar-refractivity contribution in [3.63, 3.8) is 0 Å². The van der Waals surface area contributed by atoms with E-state index in [4.69, 9.17) is 6.42 Å². The predicted octanol–water partition coefficient (Wildman–Crippen LogP) is 1.94. The SMILES string of the molecule is C#CCNCCN(Cc1cccs1)C1CC1. The van der Waals surface area contributed by atoms with Crippen molar-refractivity contribution < 1.29 is 0 Å². The molecule has 1 aliphatic rings. The van der Waals surface area contributed by atoms with Crippen LogP contribution in [0.25, 0.3) is 0 Å². The fourth-order valence-electron chi connectivity index (χ4n) is 1.82. The second-order valence-corrected chi connectivity index (χ2v) is 5.19. The highest BCUT2D eigenvalue weighted by atomic mass is 32.1. The van der Waals surface area contributed by atoms with Gasteiger partial charge in [0, 0.05) is 30.6 Å². The van der Waals surface area contributed by atoms with Gasteiger partial charge < -0.3 is 5.32 Å². The van der Waals surface area contributed by atoms with Gasteiger partial charge in [-0.2, -0.15) is 0 Å². The molecule has 1 N–H and O–H groups in total. The van der Waals surface area contributed by atoms with Crippen LogP contribution in [-0.4, -0.2) is 30.6 Å². The quantitative estimate of drug-likeness (QED) is 0.573. The third-order valence-corrected chi connectivity index (χ3v) is 3.67. The van der Waals surface area contributed by atoms with Crippen LogP contribution in [0.1, 0.15) is 17.7 Å². The van der Waals surface area contributed by atoms with Crippen LogP contribution < -0.4 is 5.32 Å². The largest absolute Gasteiger partial charge is 0.305 e. The van der Waals surface area contributed by atoms with Crippen LogP contribution in [0, 0.1) is 12.3 Å². The first kappa shape index (κ1) is 11.7. The number of terminal acetylenes is 1. The van der Waals surface area contributed by atoms with Crippen molar-refractivity contribution in [3.05, 3.63) is 22.4 Å². The van der Waals surface area contributed by atoms with Crippen molar-refractivity contribution in [2.24, 2.45) is 0 Å². The maximum atomic E-state index is 5.20. The molecule has 0 spiro atoms. The Morgan fingerprint density at radius 3 is 3.06 bits per heavy atom. The molecule has 0 aliphatic heterocycles. The van der Waals surface area contributed by atoms with Gasteiger partial charge in [-0.15, -0.1) is 17.8 Å². The molecule has 0 aromatic carbocycles. The summed E-state index contributed by atoms with van der Waals surface area (Å²) in [5.41, 5.74) is 0. The monoisotopic (exact) mass is 234 g/mol. The average Bonchev–Trinajstić information content (AvgIpc) is 3.02. The van der Waals surface area contributed by atoms with Crippen LogP contribution in [0.15, 0.2) is 17.5 Å². The zero-order valence-corrected chi connectivity index (χ0v) is 10.3. The number of thiophene rings is 1. The molecule has 86 valence electrons. The van der Waals surface area contributed by atoms with E-state index >= 15 is 0 Å². The van der Waals surface area contributed by atoms with Crippen LogP contribution in [0.5, 0.6) is 0 Å². The van der Waals surface area contributed by atoms with E-state index in [0.717, 1.165) is 25.7 Å². The van der Waals surface area contributed by atoms with Gasteiger partial charge in [-0.25, -0.2) is 0 Å². The normalized spacial score (nSPS) is 15.2. The summed E-state index contributed by atoms with van der Waals surface area (Å²) in [6.07, 6.45) is 7.93. The summed E-state index contributed by atoms with van der Waals surface area (Å²) in [5, 5.41) is 5.40. The third kappa shape index (κ3) is 3.64. The summed E-state index contributed by atoms with van der Waals surface area (Å²) < 4.78 is 0. The van der Waals surface area contributed by atoms with E-state index in [0.29, 0.717) is 6.54 Å². The number of rotatable bonds is 7. The van der Waals surface area contributed by atoms with Crippen LogP contribution in [0.3, 0.4) is 0 Å². The van der Waals surface area contributed by atoms with Gasteiger partial charge in [-0.05, 0) is 24.3 Å². The molecule has 1 aliphatic carbocycles. The molecule has 0 saturated heterocycles. The molecule has 1 aromatic rings. The lowest BCUT2D eigenvalue weighted by atomic mass is 10.4. The molecule has 3 heteroatoms. The van der Waals surface area contributed by atoms with Gasteiger partial charge in [-0.3, -0.25) is 4.90 Å². The van der Waals surface area contributed by atoms with Crippen molar-refractivity contribution in [2.45, 2.75) is 25.4 Å². The van der Waals surface area contributed by atoms with E-state index in [1.807, 2.05) is 11.3 Å². The molecule has 0 atom stereocenters. The van der Waals surface area contributed by atoms with Crippen LogP contribution in [0.2, 0.25) is 0 Å². The summed E-state index contributed by atoms with van der Waals surface area (Å²) in [5.74, 6) is 2.60. The number of hydrogen-bond acceptors (Lipinski definition) is 3. The fourth-order valence-corrected chi connectivity index (χ4v) is 2.55. The summed E-state index contributed by atoms with van der Waals surface area (Å²) in [6, 6.07) is 5.16. The summed E-state index contributed by atoms with van der Waals surface area (Å²) in [6.45, 7) is 3.87. The van der Waals surface area contributed by atoms with Crippen molar-refractivity contribution in [1.82, 2.24) is 10.2 Å². The third-order valence-electron chi connectivity index (χ3n) is 2.81. The second-order valence-electron chi connectivity index (χ2n) is 4.16. The van der Waals surface area contributed by atoms with E-state index in [1.54, 1.807) is 0 Å². The first-order valence-electron chi connectivity index (χ1n) is 5.81. The minimum absolute atomic E-state index is 0.678. The first-order chi connectivity index (χ1) is 7.90. The van der Waals surface area contributed by atoms with Gasteiger partial charge in [0.2, 0.25) is 0 Å². The molecule has 0 unspecified atom stereocenters. The Labute approximate surface area is 102 Å². The highest BCUT2D eigenvalue weighted by Crippen LogP contribution is 2.28. The van der Waals surface area contributed by atoms with Crippen molar-refractivity contribution in [1.29, 1.82) is 0 Å². The zero-order chi connectivity index (χ0) is 11.2. The highest BCUT2D eigenvalue weighted by Gasteiger charge is 2.28. The van der Waals surface area contributed by atoms with Gasteiger partial charge in [0.25, 0.3) is 0 Å². The second kappa shape index (κ2) is 6.05. The highest BCUT2D eigenvalue weighted by molar-refractivity contribution is 7.09. The molecule has 1 heterocycles. The molecule has 2 rings (SSSR count). The maximum absolute atomic E-state index is 5.20. The van der Waals surface area contributed by atoms with Crippen LogP contribution in [0.4, 0.5) is 0 Å². The van der Waals surface area contributed by atoms with Gasteiger partial charge in [0.05, 0.1) is 6.54 Å². The topological polar surface area (TPSA) is 15.3 Å². The average molecular weight is 234 g/mol. The van der Waals surface area contributed by atoms with Crippen molar-refractivity contribution in [2.75, 3.05) is 19.6 Å². The van der Waals surface area contributed by atoms with Crippen LogP contribution >= 0.6 is 11.3 Å². The summed E-state index contributed by atoms with van der Waals surface area (Å²) in [4.78, 5) is 4.03. The lowest BCUT2D eigenvalue weighted by molar-refractivity contribution is 0.258. The molecule has 16 heavy (non-hydrogen) atoms. The van der Waals surface area contributed by atoms with Crippen LogP contribution in [-0.2, 0) is 6.54 Å². The molecule has 0 bridgehead atoms. The molecular weight excluding hydrogens is 216 g/mol. The van der Waals surface area contributed by atoms with E-state index < -0.39 is 0 Å². The first-order valence-corrected chi connectivity index (χ1v) is 6.68. The Morgan fingerprint density at radius 1 is 1.56 bits per heavy atom. The number of nitrogens with one attached hydrogen (secondary N) is 1. The molecule has 1 saturated carbocycles. The Hall–Kier alpha value is -0.820. The Morgan fingerprint density at radius 2 is 2.44 bits per heavy atom. The zero-order valence-electron chi connectivity index (χ0n) is 9.48. The molecular formula is C13H18N2S. The summed E-state index contributed by atoms with van der Waals surface area (Å²) in [7, 11) is 0. The molecule has 2 nitrogen and oxygen atoms in total. The van der Waals surface area contributed by atoms with E-state index in [1.165, 1.54) is 17.7 Å². The summed E-state index contributed by atoms with van der Waals surface area (Å²) >= 11 is 1.85. The minimum atomic E-state index is 0.678. The van der Waals surface area contributed by atoms with Crippen molar-refractivity contribution >= 4 is 11.3 Å². The van der Waals surface area contributed by atoms with Crippen molar-refractivity contribution in [3.8, 4) is 12.3 Å². The fraction of sp³-hybridized carbons (Fsp3) is 0.538. The molecule has 0 radical (unpaired) electrons.